The Balaban J connectivity index is 1.68. The molecule has 0 amide bonds. The van der Waals surface area contributed by atoms with Gasteiger partial charge in [0.1, 0.15) is 23.1 Å². The van der Waals surface area contributed by atoms with E-state index in [1.807, 2.05) is 0 Å². The Labute approximate surface area is 203 Å². The molecule has 0 saturated heterocycles. The van der Waals surface area contributed by atoms with Crippen LogP contribution in [0.15, 0.2) is 47.3 Å². The first-order chi connectivity index (χ1) is 16.4. The summed E-state index contributed by atoms with van der Waals surface area (Å²) in [4.78, 5) is 12.9. The molecular formula is C23H21BrF2N6O2. The number of hydrogen-bond acceptors (Lipinski definition) is 7. The van der Waals surface area contributed by atoms with Gasteiger partial charge in [0.25, 0.3) is 0 Å². The number of ether oxygens (including phenoxy) is 2. The van der Waals surface area contributed by atoms with Crippen LogP contribution in [-0.2, 0) is 6.54 Å². The first kappa shape index (κ1) is 23.6. The van der Waals surface area contributed by atoms with Crippen molar-refractivity contribution in [3.63, 3.8) is 0 Å². The van der Waals surface area contributed by atoms with Gasteiger partial charge in [0.15, 0.2) is 17.4 Å². The fourth-order valence-electron chi connectivity index (χ4n) is 3.25. The molecule has 11 heteroatoms. The highest BCUT2D eigenvalue weighted by Gasteiger charge is 2.21. The van der Waals surface area contributed by atoms with E-state index in [0.29, 0.717) is 39.9 Å². The van der Waals surface area contributed by atoms with Gasteiger partial charge in [0.2, 0.25) is 0 Å². The van der Waals surface area contributed by atoms with Crippen molar-refractivity contribution in [1.29, 1.82) is 0 Å². The summed E-state index contributed by atoms with van der Waals surface area (Å²) in [7, 11) is 1.52. The van der Waals surface area contributed by atoms with Gasteiger partial charge in [0, 0.05) is 35.8 Å². The van der Waals surface area contributed by atoms with Gasteiger partial charge in [-0.05, 0) is 41.9 Å². The minimum absolute atomic E-state index is 0.118. The highest BCUT2D eigenvalue weighted by molar-refractivity contribution is 9.10. The van der Waals surface area contributed by atoms with E-state index >= 15 is 0 Å². The molecule has 1 N–H and O–H groups in total. The smallest absolute Gasteiger partial charge is 0.183 e. The zero-order chi connectivity index (χ0) is 24.2. The van der Waals surface area contributed by atoms with Gasteiger partial charge >= 0.3 is 0 Å². The highest BCUT2D eigenvalue weighted by Crippen LogP contribution is 2.32. The normalized spacial score (nSPS) is 10.9. The van der Waals surface area contributed by atoms with Gasteiger partial charge in [-0.15, -0.1) is 0 Å². The minimum Gasteiger partial charge on any atom is -0.494 e. The van der Waals surface area contributed by atoms with E-state index in [2.05, 4.69) is 41.3 Å². The molecule has 0 aliphatic rings. The van der Waals surface area contributed by atoms with Gasteiger partial charge in [0.05, 0.1) is 36.6 Å². The van der Waals surface area contributed by atoms with Gasteiger partial charge in [-0.2, -0.15) is 5.10 Å². The molecule has 0 saturated carbocycles. The van der Waals surface area contributed by atoms with Gasteiger partial charge in [-0.3, -0.25) is 9.67 Å². The van der Waals surface area contributed by atoms with Crippen molar-refractivity contribution in [2.45, 2.75) is 20.4 Å². The van der Waals surface area contributed by atoms with Crippen LogP contribution >= 0.6 is 15.9 Å². The molecule has 4 aromatic rings. The SMILES string of the molecule is CCOc1cc(F)c(Cn2nc(-c3ncc(OC)c(Nc4ccncc4)n3)c(Br)c2C)c(F)c1. The van der Waals surface area contributed by atoms with Crippen molar-refractivity contribution >= 4 is 27.4 Å². The van der Waals surface area contributed by atoms with Crippen LogP contribution in [0.1, 0.15) is 18.2 Å². The fraction of sp³-hybridized carbons (Fsp3) is 0.217. The Morgan fingerprint density at radius 3 is 2.50 bits per heavy atom. The fourth-order valence-corrected chi connectivity index (χ4v) is 3.71. The number of benzene rings is 1. The van der Waals surface area contributed by atoms with E-state index in [1.54, 1.807) is 38.4 Å². The Kier molecular flexibility index (Phi) is 7.01. The molecule has 3 heterocycles. The zero-order valence-electron chi connectivity index (χ0n) is 18.6. The van der Waals surface area contributed by atoms with Gasteiger partial charge in [-0.1, -0.05) is 0 Å². The van der Waals surface area contributed by atoms with Crippen LogP contribution in [0.25, 0.3) is 11.5 Å². The largest absolute Gasteiger partial charge is 0.494 e. The van der Waals surface area contributed by atoms with Crippen LogP contribution in [-0.4, -0.2) is 38.4 Å². The molecule has 0 spiro atoms. The molecular weight excluding hydrogens is 510 g/mol. The Hall–Kier alpha value is -3.60. The van der Waals surface area contributed by atoms with Crippen molar-refractivity contribution in [3.05, 3.63) is 70.2 Å². The number of nitrogens with one attached hydrogen (secondary N) is 1. The average Bonchev–Trinajstić information content (AvgIpc) is 3.11. The summed E-state index contributed by atoms with van der Waals surface area (Å²) in [5, 5.41) is 7.69. The Bertz CT molecular complexity index is 1290. The zero-order valence-corrected chi connectivity index (χ0v) is 20.2. The van der Waals surface area contributed by atoms with E-state index in [1.165, 1.54) is 30.1 Å². The molecule has 34 heavy (non-hydrogen) atoms. The van der Waals surface area contributed by atoms with Crippen LogP contribution in [0.2, 0.25) is 0 Å². The molecule has 4 rings (SSSR count). The maximum Gasteiger partial charge on any atom is 0.183 e. The van der Waals surface area contributed by atoms with Crippen molar-refractivity contribution in [3.8, 4) is 23.0 Å². The summed E-state index contributed by atoms with van der Waals surface area (Å²) in [6.07, 6.45) is 4.83. The third-order valence-corrected chi connectivity index (χ3v) is 5.95. The molecule has 0 atom stereocenters. The van der Waals surface area contributed by atoms with E-state index in [-0.39, 0.29) is 17.9 Å². The summed E-state index contributed by atoms with van der Waals surface area (Å²) < 4.78 is 41.9. The molecule has 0 aliphatic carbocycles. The quantitative estimate of drug-likeness (QED) is 0.331. The molecule has 0 unspecified atom stereocenters. The van der Waals surface area contributed by atoms with Crippen LogP contribution in [0.3, 0.4) is 0 Å². The van der Waals surface area contributed by atoms with E-state index in [9.17, 15) is 8.78 Å². The molecule has 8 nitrogen and oxygen atoms in total. The van der Waals surface area contributed by atoms with E-state index in [0.717, 1.165) is 5.69 Å². The van der Waals surface area contributed by atoms with E-state index in [4.69, 9.17) is 9.47 Å². The van der Waals surface area contributed by atoms with Crippen LogP contribution in [0.5, 0.6) is 11.5 Å². The first-order valence-electron chi connectivity index (χ1n) is 10.3. The lowest BCUT2D eigenvalue weighted by molar-refractivity contribution is 0.335. The third-order valence-electron chi connectivity index (χ3n) is 5.00. The molecule has 0 bridgehead atoms. The average molecular weight is 531 g/mol. The number of hydrogen-bond donors (Lipinski definition) is 1. The summed E-state index contributed by atoms with van der Waals surface area (Å²) >= 11 is 3.52. The summed E-state index contributed by atoms with van der Waals surface area (Å²) in [6, 6.07) is 5.91. The topological polar surface area (TPSA) is 87.0 Å². The number of halogens is 3. The minimum atomic E-state index is -0.708. The summed E-state index contributed by atoms with van der Waals surface area (Å²) in [6.45, 7) is 3.72. The van der Waals surface area contributed by atoms with Crippen molar-refractivity contribution in [1.82, 2.24) is 24.7 Å². The Morgan fingerprint density at radius 1 is 1.15 bits per heavy atom. The highest BCUT2D eigenvalue weighted by atomic mass is 79.9. The van der Waals surface area contributed by atoms with Crippen LogP contribution in [0.4, 0.5) is 20.3 Å². The number of aromatic nitrogens is 5. The maximum atomic E-state index is 14.6. The predicted octanol–water partition coefficient (Wildman–Crippen LogP) is 5.28. The molecule has 0 radical (unpaired) electrons. The van der Waals surface area contributed by atoms with Crippen LogP contribution in [0, 0.1) is 18.6 Å². The molecule has 0 aliphatic heterocycles. The van der Waals surface area contributed by atoms with Crippen LogP contribution < -0.4 is 14.8 Å². The van der Waals surface area contributed by atoms with E-state index < -0.39 is 11.6 Å². The van der Waals surface area contributed by atoms with Crippen molar-refractivity contribution in [2.24, 2.45) is 0 Å². The molecule has 3 aromatic heterocycles. The molecule has 176 valence electrons. The van der Waals surface area contributed by atoms with Crippen molar-refractivity contribution < 1.29 is 18.3 Å². The standard InChI is InChI=1S/C23H21BrF2N6O2/c1-4-34-15-9-17(25)16(18(26)10-15)12-32-13(2)20(24)21(31-32)23-28-11-19(33-3)22(30-23)29-14-5-7-27-8-6-14/h5-11H,4,12H2,1-3H3,(H,27,28,29,30). The van der Waals surface area contributed by atoms with Gasteiger partial charge in [-0.25, -0.2) is 18.7 Å². The maximum absolute atomic E-state index is 14.6. The van der Waals surface area contributed by atoms with Crippen molar-refractivity contribution in [2.75, 3.05) is 19.0 Å². The third kappa shape index (κ3) is 4.84. The predicted molar refractivity (Wildman–Crippen MR) is 126 cm³/mol. The summed E-state index contributed by atoms with van der Waals surface area (Å²) in [5.74, 6) is -0.103. The number of methoxy groups -OCH3 is 1. The monoisotopic (exact) mass is 530 g/mol. The number of pyridine rings is 1. The Morgan fingerprint density at radius 2 is 1.85 bits per heavy atom. The summed E-state index contributed by atoms with van der Waals surface area (Å²) in [5.41, 5.74) is 1.72. The lowest BCUT2D eigenvalue weighted by atomic mass is 10.2. The van der Waals surface area contributed by atoms with Gasteiger partial charge < -0.3 is 14.8 Å². The second-order valence-corrected chi connectivity index (χ2v) is 7.97. The number of rotatable bonds is 8. The second-order valence-electron chi connectivity index (χ2n) is 7.18. The number of nitrogens with zero attached hydrogens (tertiary/aromatic N) is 5. The number of anilines is 2. The molecule has 0 fully saturated rings. The lowest BCUT2D eigenvalue weighted by Crippen LogP contribution is -2.09. The molecule has 1 aromatic carbocycles. The first-order valence-corrected chi connectivity index (χ1v) is 11.1. The second kappa shape index (κ2) is 10.1. The lowest BCUT2D eigenvalue weighted by Gasteiger charge is -2.11.